The summed E-state index contributed by atoms with van der Waals surface area (Å²) in [6.45, 7) is 1.92. The standard InChI is InChI=1S/C17H17ClN2O2/c1-11-5-4-6-12(9-11)16(21)19-15-10-13(7-8-14(15)18)17(22)20(2)3/h4-10H,1-3H3,(H,19,21). The van der Waals surface area contributed by atoms with Crippen molar-refractivity contribution in [2.75, 3.05) is 19.4 Å². The topological polar surface area (TPSA) is 49.4 Å². The van der Waals surface area contributed by atoms with E-state index in [4.69, 9.17) is 11.6 Å². The van der Waals surface area contributed by atoms with Crippen LogP contribution < -0.4 is 5.32 Å². The van der Waals surface area contributed by atoms with Crippen molar-refractivity contribution in [1.82, 2.24) is 4.90 Å². The van der Waals surface area contributed by atoms with E-state index in [0.29, 0.717) is 21.8 Å². The zero-order valence-corrected chi connectivity index (χ0v) is 13.4. The van der Waals surface area contributed by atoms with Crippen molar-refractivity contribution in [1.29, 1.82) is 0 Å². The first-order chi connectivity index (χ1) is 10.4. The first-order valence-electron chi connectivity index (χ1n) is 6.77. The molecular formula is C17H17ClN2O2. The molecule has 0 aliphatic heterocycles. The number of nitrogens with zero attached hydrogens (tertiary/aromatic N) is 1. The van der Waals surface area contributed by atoms with Crippen molar-refractivity contribution in [3.05, 3.63) is 64.2 Å². The molecule has 0 bridgehead atoms. The van der Waals surface area contributed by atoms with Crippen molar-refractivity contribution in [2.45, 2.75) is 6.92 Å². The van der Waals surface area contributed by atoms with Gasteiger partial charge in [0.25, 0.3) is 11.8 Å². The summed E-state index contributed by atoms with van der Waals surface area (Å²) in [5.41, 5.74) is 2.42. The fraction of sp³-hybridized carbons (Fsp3) is 0.176. The van der Waals surface area contributed by atoms with Crippen molar-refractivity contribution in [3.63, 3.8) is 0 Å². The largest absolute Gasteiger partial charge is 0.345 e. The van der Waals surface area contributed by atoms with Gasteiger partial charge in [-0.15, -0.1) is 0 Å². The average Bonchev–Trinajstić information content (AvgIpc) is 2.48. The molecule has 0 aliphatic rings. The third-order valence-corrected chi connectivity index (χ3v) is 3.48. The second-order valence-corrected chi connectivity index (χ2v) is 5.63. The van der Waals surface area contributed by atoms with Crippen LogP contribution in [0.1, 0.15) is 26.3 Å². The zero-order chi connectivity index (χ0) is 16.3. The fourth-order valence-electron chi connectivity index (χ4n) is 1.99. The van der Waals surface area contributed by atoms with Crippen molar-refractivity contribution in [2.24, 2.45) is 0 Å². The Labute approximate surface area is 134 Å². The van der Waals surface area contributed by atoms with Crippen molar-refractivity contribution in [3.8, 4) is 0 Å². The van der Waals surface area contributed by atoms with Crippen LogP contribution >= 0.6 is 11.6 Å². The Morgan fingerprint density at radius 2 is 1.77 bits per heavy atom. The quantitative estimate of drug-likeness (QED) is 0.940. The fourth-order valence-corrected chi connectivity index (χ4v) is 2.16. The summed E-state index contributed by atoms with van der Waals surface area (Å²) >= 11 is 6.10. The first kappa shape index (κ1) is 16.0. The van der Waals surface area contributed by atoms with E-state index >= 15 is 0 Å². The van der Waals surface area contributed by atoms with Crippen LogP contribution in [0.5, 0.6) is 0 Å². The van der Waals surface area contributed by atoms with E-state index in [-0.39, 0.29) is 11.8 Å². The maximum atomic E-state index is 12.3. The van der Waals surface area contributed by atoms with Gasteiger partial charge in [-0.3, -0.25) is 9.59 Å². The zero-order valence-electron chi connectivity index (χ0n) is 12.7. The Hall–Kier alpha value is -2.33. The summed E-state index contributed by atoms with van der Waals surface area (Å²) in [6, 6.07) is 12.1. The van der Waals surface area contributed by atoms with Gasteiger partial charge in [0.1, 0.15) is 0 Å². The van der Waals surface area contributed by atoms with Gasteiger partial charge in [0.05, 0.1) is 10.7 Å². The summed E-state index contributed by atoms with van der Waals surface area (Å²) in [5.74, 6) is -0.414. The maximum Gasteiger partial charge on any atom is 0.255 e. The number of halogens is 1. The molecule has 0 saturated carbocycles. The van der Waals surface area contributed by atoms with Gasteiger partial charge in [-0.05, 0) is 37.3 Å². The normalized spacial score (nSPS) is 10.2. The van der Waals surface area contributed by atoms with Gasteiger partial charge in [0, 0.05) is 25.2 Å². The molecule has 22 heavy (non-hydrogen) atoms. The van der Waals surface area contributed by atoms with E-state index < -0.39 is 0 Å². The third kappa shape index (κ3) is 3.65. The number of nitrogens with one attached hydrogen (secondary N) is 1. The lowest BCUT2D eigenvalue weighted by Crippen LogP contribution is -2.22. The van der Waals surface area contributed by atoms with Gasteiger partial charge in [-0.2, -0.15) is 0 Å². The summed E-state index contributed by atoms with van der Waals surface area (Å²) in [5, 5.41) is 3.13. The predicted octanol–water partition coefficient (Wildman–Crippen LogP) is 3.60. The van der Waals surface area contributed by atoms with Crippen LogP contribution in [0.15, 0.2) is 42.5 Å². The second-order valence-electron chi connectivity index (χ2n) is 5.22. The van der Waals surface area contributed by atoms with Gasteiger partial charge in [0.15, 0.2) is 0 Å². The van der Waals surface area contributed by atoms with Gasteiger partial charge in [0.2, 0.25) is 0 Å². The molecule has 2 rings (SSSR count). The number of anilines is 1. The highest BCUT2D eigenvalue weighted by Crippen LogP contribution is 2.24. The van der Waals surface area contributed by atoms with E-state index in [1.165, 1.54) is 4.90 Å². The van der Waals surface area contributed by atoms with Crippen LogP contribution in [0.25, 0.3) is 0 Å². The molecule has 0 radical (unpaired) electrons. The predicted molar refractivity (Wildman–Crippen MR) is 88.6 cm³/mol. The third-order valence-electron chi connectivity index (χ3n) is 3.15. The molecule has 4 nitrogen and oxygen atoms in total. The molecule has 0 fully saturated rings. The number of hydrogen-bond donors (Lipinski definition) is 1. The SMILES string of the molecule is Cc1cccc(C(=O)Nc2cc(C(=O)N(C)C)ccc2Cl)c1. The number of rotatable bonds is 3. The van der Waals surface area contributed by atoms with Crippen LogP contribution in [-0.4, -0.2) is 30.8 Å². The number of carbonyl (C=O) groups is 2. The summed E-state index contributed by atoms with van der Waals surface area (Å²) < 4.78 is 0. The Kier molecular flexibility index (Phi) is 4.83. The van der Waals surface area contributed by atoms with Crippen molar-refractivity contribution < 1.29 is 9.59 Å². The Morgan fingerprint density at radius 3 is 2.41 bits per heavy atom. The summed E-state index contributed by atoms with van der Waals surface area (Å²) in [7, 11) is 3.34. The number of benzene rings is 2. The van der Waals surface area contributed by atoms with E-state index in [9.17, 15) is 9.59 Å². The van der Waals surface area contributed by atoms with E-state index in [0.717, 1.165) is 5.56 Å². The van der Waals surface area contributed by atoms with Crippen LogP contribution in [0.4, 0.5) is 5.69 Å². The highest BCUT2D eigenvalue weighted by molar-refractivity contribution is 6.34. The number of amides is 2. The molecule has 0 atom stereocenters. The minimum absolute atomic E-state index is 0.150. The highest BCUT2D eigenvalue weighted by atomic mass is 35.5. The lowest BCUT2D eigenvalue weighted by molar-refractivity contribution is 0.0827. The molecule has 1 N–H and O–H groups in total. The monoisotopic (exact) mass is 316 g/mol. The lowest BCUT2D eigenvalue weighted by atomic mass is 10.1. The second kappa shape index (κ2) is 6.62. The van der Waals surface area contributed by atoms with Crippen LogP contribution in [-0.2, 0) is 0 Å². The molecule has 2 amide bonds. The summed E-state index contributed by atoms with van der Waals surface area (Å²) in [6.07, 6.45) is 0. The molecule has 0 spiro atoms. The molecule has 0 aliphatic carbocycles. The molecule has 2 aromatic rings. The molecule has 0 aromatic heterocycles. The Balaban J connectivity index is 2.27. The Bertz CT molecular complexity index is 726. The molecular weight excluding hydrogens is 300 g/mol. The average molecular weight is 317 g/mol. The van der Waals surface area contributed by atoms with E-state index in [2.05, 4.69) is 5.32 Å². The molecule has 0 saturated heterocycles. The Morgan fingerprint density at radius 1 is 1.05 bits per heavy atom. The lowest BCUT2D eigenvalue weighted by Gasteiger charge is -2.13. The van der Waals surface area contributed by atoms with Gasteiger partial charge < -0.3 is 10.2 Å². The minimum Gasteiger partial charge on any atom is -0.345 e. The number of hydrogen-bond acceptors (Lipinski definition) is 2. The molecule has 2 aromatic carbocycles. The molecule has 5 heteroatoms. The van der Waals surface area contributed by atoms with Crippen LogP contribution in [0.2, 0.25) is 5.02 Å². The van der Waals surface area contributed by atoms with Gasteiger partial charge in [-0.25, -0.2) is 0 Å². The van der Waals surface area contributed by atoms with Crippen LogP contribution in [0.3, 0.4) is 0 Å². The first-order valence-corrected chi connectivity index (χ1v) is 7.15. The molecule has 0 unspecified atom stereocenters. The minimum atomic E-state index is -0.264. The van der Waals surface area contributed by atoms with E-state index in [1.54, 1.807) is 44.4 Å². The maximum absolute atomic E-state index is 12.3. The smallest absolute Gasteiger partial charge is 0.255 e. The number of aryl methyl sites for hydroxylation is 1. The van der Waals surface area contributed by atoms with Gasteiger partial charge >= 0.3 is 0 Å². The van der Waals surface area contributed by atoms with E-state index in [1.807, 2.05) is 19.1 Å². The number of carbonyl (C=O) groups excluding carboxylic acids is 2. The van der Waals surface area contributed by atoms with Crippen molar-refractivity contribution >= 4 is 29.1 Å². The molecule has 114 valence electrons. The summed E-state index contributed by atoms with van der Waals surface area (Å²) in [4.78, 5) is 25.7. The van der Waals surface area contributed by atoms with Gasteiger partial charge in [-0.1, -0.05) is 29.3 Å². The molecule has 0 heterocycles. The highest BCUT2D eigenvalue weighted by Gasteiger charge is 2.13. The van der Waals surface area contributed by atoms with Crippen LogP contribution in [0, 0.1) is 6.92 Å².